The Morgan fingerprint density at radius 2 is 1.41 bits per heavy atom. The van der Waals surface area contributed by atoms with Crippen molar-refractivity contribution >= 4 is 11.8 Å². The number of carbonyl (C=O) groups is 2. The Labute approximate surface area is 159 Å². The number of carbonyl (C=O) groups excluding carboxylic acids is 2. The fraction of sp³-hybridized carbons (Fsp3) is 0.333. The van der Waals surface area contributed by atoms with Gasteiger partial charge in [0.25, 0.3) is 0 Å². The van der Waals surface area contributed by atoms with E-state index >= 15 is 0 Å². The maximum absolute atomic E-state index is 12.4. The molecule has 0 amide bonds. The molecule has 2 rings (SSSR count). The van der Waals surface area contributed by atoms with Gasteiger partial charge in [0, 0.05) is 17.7 Å². The van der Waals surface area contributed by atoms with Crippen LogP contribution in [0.2, 0.25) is 0 Å². The third-order valence-electron chi connectivity index (χ3n) is 4.25. The first-order valence-electron chi connectivity index (χ1n) is 8.64. The first-order chi connectivity index (χ1) is 12.9. The van der Waals surface area contributed by atoms with E-state index in [4.69, 9.17) is 4.74 Å². The summed E-state index contributed by atoms with van der Waals surface area (Å²) in [5.41, 5.74) is 0.425. The van der Waals surface area contributed by atoms with E-state index in [0.29, 0.717) is 23.2 Å². The van der Waals surface area contributed by atoms with E-state index in [1.165, 1.54) is 12.1 Å². The summed E-state index contributed by atoms with van der Waals surface area (Å²) in [6.07, 6.45) is 0. The van der Waals surface area contributed by atoms with E-state index in [1.54, 1.807) is 36.4 Å². The molecule has 0 aromatic heterocycles. The van der Waals surface area contributed by atoms with Crippen LogP contribution in [0, 0.1) is 5.41 Å². The van der Waals surface area contributed by atoms with Crippen molar-refractivity contribution in [2.45, 2.75) is 0 Å². The first kappa shape index (κ1) is 20.8. The predicted molar refractivity (Wildman–Crippen MR) is 102 cm³/mol. The lowest BCUT2D eigenvalue weighted by Gasteiger charge is -2.31. The number of aliphatic hydroxyl groups excluding tert-OH is 2. The Morgan fingerprint density at radius 1 is 0.889 bits per heavy atom. The van der Waals surface area contributed by atoms with Crippen molar-refractivity contribution in [3.63, 3.8) is 0 Å². The minimum Gasteiger partial charge on any atom is -0.461 e. The highest BCUT2D eigenvalue weighted by Gasteiger charge is 2.31. The molecule has 0 saturated carbocycles. The number of hydrogen-bond donors (Lipinski definition) is 2. The molecule has 0 fully saturated rings. The number of ether oxygens (including phenoxy) is 1. The largest absolute Gasteiger partial charge is 0.461 e. The Morgan fingerprint density at radius 3 is 1.93 bits per heavy atom. The standard InChI is InChI=1S/C21H25NO5/c1-22(2)12-21(13-23,14-24)15-27-20(26)18-10-8-17(9-11-18)19(25)16-6-4-3-5-7-16/h3-11,23-24H,12-15H2,1-2H3. The molecule has 0 spiro atoms. The summed E-state index contributed by atoms with van der Waals surface area (Å²) < 4.78 is 5.29. The number of benzene rings is 2. The Hall–Kier alpha value is -2.54. The molecule has 0 radical (unpaired) electrons. The molecule has 0 atom stereocenters. The van der Waals surface area contributed by atoms with Crippen molar-refractivity contribution in [1.29, 1.82) is 0 Å². The van der Waals surface area contributed by atoms with Crippen LogP contribution in [-0.4, -0.2) is 67.3 Å². The number of ketones is 1. The van der Waals surface area contributed by atoms with E-state index in [0.717, 1.165) is 0 Å². The van der Waals surface area contributed by atoms with Gasteiger partial charge >= 0.3 is 5.97 Å². The summed E-state index contributed by atoms with van der Waals surface area (Å²) in [7, 11) is 3.62. The molecule has 2 N–H and O–H groups in total. The topological polar surface area (TPSA) is 87.1 Å². The van der Waals surface area contributed by atoms with Crippen LogP contribution < -0.4 is 0 Å². The second-order valence-corrected chi connectivity index (χ2v) is 6.90. The highest BCUT2D eigenvalue weighted by molar-refractivity contribution is 6.09. The maximum Gasteiger partial charge on any atom is 0.338 e. The van der Waals surface area contributed by atoms with Crippen molar-refractivity contribution < 1.29 is 24.5 Å². The second-order valence-electron chi connectivity index (χ2n) is 6.90. The number of rotatable bonds is 9. The monoisotopic (exact) mass is 371 g/mol. The van der Waals surface area contributed by atoms with Crippen LogP contribution in [0.5, 0.6) is 0 Å². The van der Waals surface area contributed by atoms with Gasteiger partial charge in [-0.1, -0.05) is 42.5 Å². The molecule has 0 aliphatic heterocycles. The molecule has 0 bridgehead atoms. The van der Waals surface area contributed by atoms with Crippen LogP contribution in [0.1, 0.15) is 26.3 Å². The van der Waals surface area contributed by atoms with Crippen molar-refractivity contribution in [2.24, 2.45) is 5.41 Å². The maximum atomic E-state index is 12.4. The summed E-state index contributed by atoms with van der Waals surface area (Å²) in [5.74, 6) is -0.695. The molecular formula is C21H25NO5. The van der Waals surface area contributed by atoms with E-state index in [1.807, 2.05) is 25.1 Å². The van der Waals surface area contributed by atoms with E-state index < -0.39 is 11.4 Å². The Balaban J connectivity index is 2.04. The summed E-state index contributed by atoms with van der Waals surface area (Å²) in [6.45, 7) is -0.349. The lowest BCUT2D eigenvalue weighted by Crippen LogP contribution is -2.44. The molecule has 0 unspecified atom stereocenters. The van der Waals surface area contributed by atoms with E-state index in [9.17, 15) is 19.8 Å². The van der Waals surface area contributed by atoms with E-state index in [-0.39, 0.29) is 25.6 Å². The van der Waals surface area contributed by atoms with Crippen LogP contribution in [0.15, 0.2) is 54.6 Å². The lowest BCUT2D eigenvalue weighted by molar-refractivity contribution is -0.0273. The first-order valence-corrected chi connectivity index (χ1v) is 8.64. The third kappa shape index (κ3) is 5.47. The van der Waals surface area contributed by atoms with Gasteiger partial charge in [0.05, 0.1) is 24.2 Å². The quantitative estimate of drug-likeness (QED) is 0.514. The van der Waals surface area contributed by atoms with Crippen molar-refractivity contribution in [3.05, 3.63) is 71.3 Å². The normalized spacial score (nSPS) is 11.4. The molecule has 2 aromatic carbocycles. The number of aliphatic hydroxyl groups is 2. The van der Waals surface area contributed by atoms with E-state index in [2.05, 4.69) is 0 Å². The number of hydrogen-bond acceptors (Lipinski definition) is 6. The Kier molecular flexibility index (Phi) is 7.24. The van der Waals surface area contributed by atoms with Gasteiger partial charge < -0.3 is 19.8 Å². The van der Waals surface area contributed by atoms with Gasteiger partial charge in [-0.15, -0.1) is 0 Å². The molecule has 0 heterocycles. The van der Waals surface area contributed by atoms with Gasteiger partial charge in [-0.2, -0.15) is 0 Å². The molecule has 0 aliphatic carbocycles. The zero-order valence-electron chi connectivity index (χ0n) is 15.6. The number of nitrogens with zero attached hydrogens (tertiary/aromatic N) is 1. The molecule has 0 saturated heterocycles. The van der Waals surface area contributed by atoms with Crippen LogP contribution in [-0.2, 0) is 4.74 Å². The molecule has 0 aliphatic rings. The molecule has 6 heteroatoms. The lowest BCUT2D eigenvalue weighted by atomic mass is 9.90. The molecule has 2 aromatic rings. The fourth-order valence-corrected chi connectivity index (χ4v) is 2.77. The summed E-state index contributed by atoms with van der Waals surface area (Å²) >= 11 is 0. The fourth-order valence-electron chi connectivity index (χ4n) is 2.77. The smallest absolute Gasteiger partial charge is 0.338 e. The second kappa shape index (κ2) is 9.41. The number of esters is 1. The van der Waals surface area contributed by atoms with Crippen molar-refractivity contribution in [2.75, 3.05) is 40.5 Å². The highest BCUT2D eigenvalue weighted by atomic mass is 16.5. The predicted octanol–water partition coefficient (Wildman–Crippen LogP) is 1.61. The molecule has 6 nitrogen and oxygen atoms in total. The zero-order valence-corrected chi connectivity index (χ0v) is 15.6. The van der Waals surface area contributed by atoms with Gasteiger partial charge in [0.15, 0.2) is 5.78 Å². The van der Waals surface area contributed by atoms with Crippen LogP contribution in [0.3, 0.4) is 0 Å². The highest BCUT2D eigenvalue weighted by Crippen LogP contribution is 2.19. The van der Waals surface area contributed by atoms with Crippen LogP contribution >= 0.6 is 0 Å². The SMILES string of the molecule is CN(C)CC(CO)(CO)COC(=O)c1ccc(C(=O)c2ccccc2)cc1. The van der Waals surface area contributed by atoms with Gasteiger partial charge in [0.2, 0.25) is 0 Å². The summed E-state index contributed by atoms with van der Waals surface area (Å²) in [6, 6.07) is 15.1. The summed E-state index contributed by atoms with van der Waals surface area (Å²) in [4.78, 5) is 26.5. The van der Waals surface area contributed by atoms with Crippen LogP contribution in [0.25, 0.3) is 0 Å². The third-order valence-corrected chi connectivity index (χ3v) is 4.25. The molecule has 27 heavy (non-hydrogen) atoms. The molecule has 144 valence electrons. The summed E-state index contributed by atoms with van der Waals surface area (Å²) in [5, 5.41) is 19.2. The minimum atomic E-state index is -0.928. The zero-order chi connectivity index (χ0) is 19.9. The Bertz CT molecular complexity index is 752. The average Bonchev–Trinajstić information content (AvgIpc) is 2.71. The minimum absolute atomic E-state index is 0.109. The van der Waals surface area contributed by atoms with Crippen LogP contribution in [0.4, 0.5) is 0 Å². The van der Waals surface area contributed by atoms with Gasteiger partial charge in [-0.25, -0.2) is 4.79 Å². The average molecular weight is 371 g/mol. The van der Waals surface area contributed by atoms with Gasteiger partial charge in [-0.05, 0) is 26.2 Å². The van der Waals surface area contributed by atoms with Gasteiger partial charge in [0.1, 0.15) is 6.61 Å². The van der Waals surface area contributed by atoms with Gasteiger partial charge in [-0.3, -0.25) is 4.79 Å². The van der Waals surface area contributed by atoms with Crippen molar-refractivity contribution in [1.82, 2.24) is 4.90 Å². The van der Waals surface area contributed by atoms with Crippen molar-refractivity contribution in [3.8, 4) is 0 Å². The molecular weight excluding hydrogens is 346 g/mol.